The molecule has 0 amide bonds. The van der Waals surface area contributed by atoms with Gasteiger partial charge in [0.25, 0.3) is 0 Å². The van der Waals surface area contributed by atoms with Crippen molar-refractivity contribution in [3.8, 4) is 0 Å². The molecule has 0 aliphatic carbocycles. The van der Waals surface area contributed by atoms with E-state index in [1.165, 1.54) is 6.08 Å². The molecule has 0 unspecified atom stereocenters. The van der Waals surface area contributed by atoms with Crippen molar-refractivity contribution in [3.05, 3.63) is 49.1 Å². The van der Waals surface area contributed by atoms with E-state index < -0.39 is 0 Å². The van der Waals surface area contributed by atoms with Crippen molar-refractivity contribution < 1.29 is 4.79 Å². The Morgan fingerprint density at radius 2 is 1.38 bits per heavy atom. The van der Waals surface area contributed by atoms with Gasteiger partial charge in [0.05, 0.1) is 0 Å². The number of aldehydes is 1. The Hall–Kier alpha value is -1.37. The van der Waals surface area contributed by atoms with E-state index >= 15 is 0 Å². The normalized spacial score (nSPS) is 11.7. The fraction of sp³-hybridized carbons (Fsp3) is 0.250. The van der Waals surface area contributed by atoms with Gasteiger partial charge in [0, 0.05) is 0 Å². The molecule has 0 aliphatic rings. The van der Waals surface area contributed by atoms with Gasteiger partial charge >= 0.3 is 0 Å². The minimum absolute atomic E-state index is 0.790. The highest BCUT2D eigenvalue weighted by Gasteiger charge is 1.72. The molecule has 0 saturated heterocycles. The molecule has 0 aromatic carbocycles. The zero-order valence-electron chi connectivity index (χ0n) is 7.86. The zero-order chi connectivity index (χ0) is 9.78. The van der Waals surface area contributed by atoms with Gasteiger partial charge in [-0.05, 0) is 25.3 Å². The molecule has 0 bridgehead atoms. The van der Waals surface area contributed by atoms with Crippen LogP contribution in [0.3, 0.4) is 0 Å². The van der Waals surface area contributed by atoms with E-state index in [0.717, 1.165) is 25.5 Å². The summed E-state index contributed by atoms with van der Waals surface area (Å²) in [6.45, 7) is 3.62. The van der Waals surface area contributed by atoms with Crippen LogP contribution in [0.25, 0.3) is 0 Å². The van der Waals surface area contributed by atoms with Gasteiger partial charge in [-0.15, -0.1) is 6.58 Å². The fourth-order valence-corrected chi connectivity index (χ4v) is 0.772. The van der Waals surface area contributed by atoms with Crippen LogP contribution in [0.4, 0.5) is 0 Å². The highest BCUT2D eigenvalue weighted by atomic mass is 16.1. The molecule has 0 aromatic rings. The van der Waals surface area contributed by atoms with Gasteiger partial charge in [-0.2, -0.15) is 0 Å². The molecule has 0 heterocycles. The molecule has 0 saturated carbocycles. The first kappa shape index (κ1) is 11.6. The van der Waals surface area contributed by atoms with Crippen LogP contribution in [-0.2, 0) is 4.79 Å². The predicted molar refractivity (Wildman–Crippen MR) is 57.5 cm³/mol. The fourth-order valence-electron chi connectivity index (χ4n) is 0.772. The molecule has 0 N–H and O–H groups in total. The lowest BCUT2D eigenvalue weighted by molar-refractivity contribution is -0.104. The molecular weight excluding hydrogens is 160 g/mol. The van der Waals surface area contributed by atoms with Crippen LogP contribution < -0.4 is 0 Å². The number of allylic oxidation sites excluding steroid dienone is 7. The monoisotopic (exact) mass is 176 g/mol. The number of rotatable bonds is 7. The average Bonchev–Trinajstić information content (AvgIpc) is 2.16. The summed E-state index contributed by atoms with van der Waals surface area (Å²) in [5.41, 5.74) is 0. The second-order valence-electron chi connectivity index (χ2n) is 2.50. The smallest absolute Gasteiger partial charge is 0.142 e. The lowest BCUT2D eigenvalue weighted by atomic mass is 10.3. The highest BCUT2D eigenvalue weighted by molar-refractivity contribution is 5.64. The largest absolute Gasteiger partial charge is 0.299 e. The Balaban J connectivity index is 3.35. The number of hydrogen-bond acceptors (Lipinski definition) is 1. The number of hydrogen-bond donors (Lipinski definition) is 0. The van der Waals surface area contributed by atoms with Crippen molar-refractivity contribution in [1.82, 2.24) is 0 Å². The summed E-state index contributed by atoms with van der Waals surface area (Å²) < 4.78 is 0. The van der Waals surface area contributed by atoms with Crippen LogP contribution in [0, 0.1) is 0 Å². The van der Waals surface area contributed by atoms with Gasteiger partial charge in [0.1, 0.15) is 6.29 Å². The first-order valence-electron chi connectivity index (χ1n) is 4.43. The van der Waals surface area contributed by atoms with Gasteiger partial charge in [-0.1, -0.05) is 36.5 Å². The molecule has 13 heavy (non-hydrogen) atoms. The van der Waals surface area contributed by atoms with Gasteiger partial charge in [0.15, 0.2) is 0 Å². The topological polar surface area (TPSA) is 17.1 Å². The Morgan fingerprint density at radius 1 is 0.846 bits per heavy atom. The second-order valence-corrected chi connectivity index (χ2v) is 2.50. The van der Waals surface area contributed by atoms with E-state index in [2.05, 4.69) is 24.8 Å². The standard InChI is InChI=1S/C12H16O/c1-2-3-4-5-6-7-8-9-10-11-12-13/h2,4-5,7-8,10-12H,1,3,6,9H2. The van der Waals surface area contributed by atoms with Crippen molar-refractivity contribution in [1.29, 1.82) is 0 Å². The van der Waals surface area contributed by atoms with Crippen molar-refractivity contribution >= 4 is 6.29 Å². The van der Waals surface area contributed by atoms with Gasteiger partial charge < -0.3 is 0 Å². The third kappa shape index (κ3) is 10.6. The summed E-state index contributed by atoms with van der Waals surface area (Å²) in [6, 6.07) is 0. The lowest BCUT2D eigenvalue weighted by Crippen LogP contribution is -1.63. The molecule has 0 fully saturated rings. The number of carbonyl (C=O) groups is 1. The van der Waals surface area contributed by atoms with Crippen molar-refractivity contribution in [3.63, 3.8) is 0 Å². The molecule has 70 valence electrons. The van der Waals surface area contributed by atoms with Gasteiger partial charge in [-0.25, -0.2) is 0 Å². The summed E-state index contributed by atoms with van der Waals surface area (Å²) in [5.74, 6) is 0. The Kier molecular flexibility index (Phi) is 9.51. The molecule has 0 spiro atoms. The van der Waals surface area contributed by atoms with E-state index in [1.807, 2.05) is 18.2 Å². The van der Waals surface area contributed by atoms with Crippen LogP contribution in [0.1, 0.15) is 19.3 Å². The lowest BCUT2D eigenvalue weighted by Gasteiger charge is -1.82. The molecule has 0 atom stereocenters. The van der Waals surface area contributed by atoms with E-state index in [9.17, 15) is 4.79 Å². The summed E-state index contributed by atoms with van der Waals surface area (Å²) in [7, 11) is 0. The molecule has 0 aromatic heterocycles. The summed E-state index contributed by atoms with van der Waals surface area (Å²) in [5, 5.41) is 0. The third-order valence-corrected chi connectivity index (χ3v) is 1.40. The first-order chi connectivity index (χ1) is 6.41. The van der Waals surface area contributed by atoms with Crippen molar-refractivity contribution in [2.75, 3.05) is 0 Å². The summed E-state index contributed by atoms with van der Waals surface area (Å²) in [6.07, 6.45) is 17.0. The molecule has 0 rings (SSSR count). The van der Waals surface area contributed by atoms with Crippen molar-refractivity contribution in [2.24, 2.45) is 0 Å². The van der Waals surface area contributed by atoms with E-state index in [-0.39, 0.29) is 0 Å². The quantitative estimate of drug-likeness (QED) is 0.331. The van der Waals surface area contributed by atoms with Crippen molar-refractivity contribution in [2.45, 2.75) is 19.3 Å². The van der Waals surface area contributed by atoms with E-state index in [0.29, 0.717) is 0 Å². The second kappa shape index (κ2) is 10.6. The summed E-state index contributed by atoms with van der Waals surface area (Å²) >= 11 is 0. The predicted octanol–water partition coefficient (Wildman–Crippen LogP) is 3.21. The maximum absolute atomic E-state index is 9.88. The zero-order valence-corrected chi connectivity index (χ0v) is 7.86. The van der Waals surface area contributed by atoms with Crippen LogP contribution >= 0.6 is 0 Å². The minimum atomic E-state index is 0.790. The van der Waals surface area contributed by atoms with E-state index in [4.69, 9.17) is 0 Å². The maximum Gasteiger partial charge on any atom is 0.142 e. The van der Waals surface area contributed by atoms with Crippen LogP contribution in [0.15, 0.2) is 49.1 Å². The minimum Gasteiger partial charge on any atom is -0.299 e. The number of carbonyl (C=O) groups excluding carboxylic acids is 1. The third-order valence-electron chi connectivity index (χ3n) is 1.40. The Labute approximate surface area is 80.2 Å². The van der Waals surface area contributed by atoms with Crippen LogP contribution in [0.5, 0.6) is 0 Å². The maximum atomic E-state index is 9.88. The molecule has 0 aliphatic heterocycles. The Morgan fingerprint density at radius 3 is 1.92 bits per heavy atom. The van der Waals surface area contributed by atoms with Crippen LogP contribution in [0.2, 0.25) is 0 Å². The SMILES string of the molecule is C=CCC=CCC=CCC=CC=O. The van der Waals surface area contributed by atoms with Crippen LogP contribution in [-0.4, -0.2) is 6.29 Å². The summed E-state index contributed by atoms with van der Waals surface area (Å²) in [4.78, 5) is 9.88. The Bertz CT molecular complexity index is 209. The molecule has 0 radical (unpaired) electrons. The highest BCUT2D eigenvalue weighted by Crippen LogP contribution is 1.92. The first-order valence-corrected chi connectivity index (χ1v) is 4.43. The van der Waals surface area contributed by atoms with Gasteiger partial charge in [0.2, 0.25) is 0 Å². The molecule has 1 heteroatoms. The van der Waals surface area contributed by atoms with Gasteiger partial charge in [-0.3, -0.25) is 4.79 Å². The molecular formula is C12H16O. The molecule has 1 nitrogen and oxygen atoms in total. The average molecular weight is 176 g/mol. The van der Waals surface area contributed by atoms with E-state index in [1.54, 1.807) is 0 Å².